The summed E-state index contributed by atoms with van der Waals surface area (Å²) in [7, 11) is 1.93. The van der Waals surface area contributed by atoms with Gasteiger partial charge in [0.15, 0.2) is 6.29 Å². The number of aryl methyl sites for hydroxylation is 1. The topological polar surface area (TPSA) is 36.3 Å². The van der Waals surface area contributed by atoms with Crippen LogP contribution < -0.4 is 0 Å². The number of ether oxygens (including phenoxy) is 2. The molecule has 1 fully saturated rings. The Bertz CT molecular complexity index is 612. The SMILES string of the molecule is Cn1cc2ccc(C3OC(C)(C)C(C)(C)O3)cc2n1. The fraction of sp³-hybridized carbons (Fsp3) is 0.533. The molecule has 0 saturated carbocycles. The lowest BCUT2D eigenvalue weighted by atomic mass is 9.90. The van der Waals surface area contributed by atoms with Crippen LogP contribution in [0.3, 0.4) is 0 Å². The summed E-state index contributed by atoms with van der Waals surface area (Å²) in [5, 5.41) is 5.55. The molecule has 1 aromatic carbocycles. The first-order valence-electron chi connectivity index (χ1n) is 6.57. The minimum absolute atomic E-state index is 0.309. The number of hydrogen-bond acceptors (Lipinski definition) is 3. The number of aromatic nitrogens is 2. The Balaban J connectivity index is 1.97. The summed E-state index contributed by atoms with van der Waals surface area (Å²) in [6.45, 7) is 8.25. The smallest absolute Gasteiger partial charge is 0.185 e. The Morgan fingerprint density at radius 1 is 1.11 bits per heavy atom. The van der Waals surface area contributed by atoms with E-state index in [0.29, 0.717) is 0 Å². The summed E-state index contributed by atoms with van der Waals surface area (Å²) in [4.78, 5) is 0. The predicted octanol–water partition coefficient (Wildman–Crippen LogP) is 3.18. The zero-order valence-corrected chi connectivity index (χ0v) is 12.1. The number of hydrogen-bond donors (Lipinski definition) is 0. The van der Waals surface area contributed by atoms with E-state index in [9.17, 15) is 0 Å². The molecule has 1 aliphatic rings. The van der Waals surface area contributed by atoms with Crippen LogP contribution in [0.2, 0.25) is 0 Å². The van der Waals surface area contributed by atoms with Crippen LogP contribution in [0, 0.1) is 0 Å². The van der Waals surface area contributed by atoms with Crippen molar-refractivity contribution in [1.82, 2.24) is 9.78 Å². The number of benzene rings is 1. The van der Waals surface area contributed by atoms with Crippen LogP contribution in [-0.2, 0) is 16.5 Å². The highest BCUT2D eigenvalue weighted by atomic mass is 16.7. The molecule has 1 saturated heterocycles. The third kappa shape index (κ3) is 1.95. The monoisotopic (exact) mass is 260 g/mol. The molecule has 102 valence electrons. The van der Waals surface area contributed by atoms with Crippen molar-refractivity contribution >= 4 is 10.9 Å². The van der Waals surface area contributed by atoms with E-state index in [1.54, 1.807) is 0 Å². The number of fused-ring (bicyclic) bond motifs is 1. The van der Waals surface area contributed by atoms with Gasteiger partial charge in [0.1, 0.15) is 0 Å². The molecule has 3 rings (SSSR count). The fourth-order valence-corrected chi connectivity index (χ4v) is 2.28. The van der Waals surface area contributed by atoms with Gasteiger partial charge >= 0.3 is 0 Å². The van der Waals surface area contributed by atoms with E-state index in [4.69, 9.17) is 9.47 Å². The van der Waals surface area contributed by atoms with Gasteiger partial charge in [-0.15, -0.1) is 0 Å². The molecule has 2 aromatic rings. The summed E-state index contributed by atoms with van der Waals surface area (Å²) in [5.41, 5.74) is 1.37. The second kappa shape index (κ2) is 3.81. The van der Waals surface area contributed by atoms with Gasteiger partial charge in [-0.3, -0.25) is 4.68 Å². The lowest BCUT2D eigenvalue weighted by Gasteiger charge is -2.30. The minimum atomic E-state index is -0.323. The first-order valence-corrected chi connectivity index (χ1v) is 6.57. The molecule has 0 aliphatic carbocycles. The molecule has 2 heterocycles. The van der Waals surface area contributed by atoms with E-state index in [1.165, 1.54) is 0 Å². The summed E-state index contributed by atoms with van der Waals surface area (Å²) in [5.74, 6) is 0. The van der Waals surface area contributed by atoms with Gasteiger partial charge in [-0.2, -0.15) is 5.10 Å². The summed E-state index contributed by atoms with van der Waals surface area (Å²) in [6.07, 6.45) is 1.68. The van der Waals surface area contributed by atoms with Crippen molar-refractivity contribution in [2.45, 2.75) is 45.2 Å². The maximum absolute atomic E-state index is 6.05. The molecule has 1 aromatic heterocycles. The van der Waals surface area contributed by atoms with Crippen LogP contribution >= 0.6 is 0 Å². The molecule has 0 unspecified atom stereocenters. The first kappa shape index (κ1) is 12.6. The standard InChI is InChI=1S/C15H20N2O2/c1-14(2)15(3,4)19-13(18-14)10-6-7-11-9-17(5)16-12(11)8-10/h6-9,13H,1-5H3. The molecule has 1 aliphatic heterocycles. The van der Waals surface area contributed by atoms with E-state index in [2.05, 4.69) is 38.9 Å². The highest BCUT2D eigenvalue weighted by Crippen LogP contribution is 2.44. The third-order valence-corrected chi connectivity index (χ3v) is 4.17. The lowest BCUT2D eigenvalue weighted by Crippen LogP contribution is -2.41. The van der Waals surface area contributed by atoms with E-state index in [1.807, 2.05) is 30.1 Å². The Labute approximate surface area is 113 Å². The summed E-state index contributed by atoms with van der Waals surface area (Å²) in [6, 6.07) is 6.15. The van der Waals surface area contributed by atoms with E-state index >= 15 is 0 Å². The van der Waals surface area contributed by atoms with Gasteiger partial charge < -0.3 is 9.47 Å². The highest BCUT2D eigenvalue weighted by molar-refractivity contribution is 5.78. The second-order valence-corrected chi connectivity index (χ2v) is 6.21. The van der Waals surface area contributed by atoms with Gasteiger partial charge in [0, 0.05) is 24.2 Å². The minimum Gasteiger partial charge on any atom is -0.339 e. The molecule has 0 radical (unpaired) electrons. The Kier molecular flexibility index (Phi) is 2.53. The van der Waals surface area contributed by atoms with Crippen molar-refractivity contribution in [2.24, 2.45) is 7.05 Å². The molecule has 0 amide bonds. The van der Waals surface area contributed by atoms with E-state index in [0.717, 1.165) is 16.5 Å². The maximum atomic E-state index is 6.05. The van der Waals surface area contributed by atoms with Crippen molar-refractivity contribution in [1.29, 1.82) is 0 Å². The largest absolute Gasteiger partial charge is 0.339 e. The van der Waals surface area contributed by atoms with Crippen LogP contribution in [0.1, 0.15) is 39.5 Å². The second-order valence-electron chi connectivity index (χ2n) is 6.21. The quantitative estimate of drug-likeness (QED) is 0.790. The van der Waals surface area contributed by atoms with Gasteiger partial charge in [0.05, 0.1) is 16.7 Å². The van der Waals surface area contributed by atoms with Crippen LogP contribution in [-0.4, -0.2) is 21.0 Å². The van der Waals surface area contributed by atoms with Crippen LogP contribution in [0.15, 0.2) is 24.4 Å². The molecular weight excluding hydrogens is 240 g/mol. The van der Waals surface area contributed by atoms with Gasteiger partial charge in [-0.05, 0) is 33.8 Å². The number of rotatable bonds is 1. The van der Waals surface area contributed by atoms with E-state index in [-0.39, 0.29) is 17.5 Å². The zero-order chi connectivity index (χ0) is 13.8. The van der Waals surface area contributed by atoms with Crippen LogP contribution in [0.25, 0.3) is 10.9 Å². The molecule has 0 spiro atoms. The third-order valence-electron chi connectivity index (χ3n) is 4.17. The van der Waals surface area contributed by atoms with Crippen LogP contribution in [0.4, 0.5) is 0 Å². The molecule has 4 nitrogen and oxygen atoms in total. The Morgan fingerprint density at radius 2 is 1.74 bits per heavy atom. The van der Waals surface area contributed by atoms with Crippen molar-refractivity contribution in [3.8, 4) is 0 Å². The van der Waals surface area contributed by atoms with Crippen molar-refractivity contribution < 1.29 is 9.47 Å². The molecule has 4 heteroatoms. The summed E-state index contributed by atoms with van der Waals surface area (Å²) >= 11 is 0. The Hall–Kier alpha value is -1.39. The maximum Gasteiger partial charge on any atom is 0.185 e. The van der Waals surface area contributed by atoms with Crippen molar-refractivity contribution in [3.05, 3.63) is 30.0 Å². The first-order chi connectivity index (χ1) is 8.78. The molecular formula is C15H20N2O2. The highest BCUT2D eigenvalue weighted by Gasteiger charge is 2.49. The molecule has 0 bridgehead atoms. The van der Waals surface area contributed by atoms with Crippen molar-refractivity contribution in [2.75, 3.05) is 0 Å². The zero-order valence-electron chi connectivity index (χ0n) is 12.1. The summed E-state index contributed by atoms with van der Waals surface area (Å²) < 4.78 is 13.9. The van der Waals surface area contributed by atoms with Crippen molar-refractivity contribution in [3.63, 3.8) is 0 Å². The van der Waals surface area contributed by atoms with Crippen LogP contribution in [0.5, 0.6) is 0 Å². The molecule has 0 N–H and O–H groups in total. The predicted molar refractivity (Wildman–Crippen MR) is 73.8 cm³/mol. The lowest BCUT2D eigenvalue weighted by molar-refractivity contribution is -0.0895. The van der Waals surface area contributed by atoms with Gasteiger partial charge in [-0.25, -0.2) is 0 Å². The molecule has 19 heavy (non-hydrogen) atoms. The van der Waals surface area contributed by atoms with Gasteiger partial charge in [0.2, 0.25) is 0 Å². The fourth-order valence-electron chi connectivity index (χ4n) is 2.28. The average Bonchev–Trinajstić information content (AvgIpc) is 2.74. The normalized spacial score (nSPS) is 22.2. The average molecular weight is 260 g/mol. The number of nitrogens with zero attached hydrogens (tertiary/aromatic N) is 2. The van der Waals surface area contributed by atoms with Gasteiger partial charge in [0.25, 0.3) is 0 Å². The van der Waals surface area contributed by atoms with E-state index < -0.39 is 0 Å². The van der Waals surface area contributed by atoms with Gasteiger partial charge in [-0.1, -0.05) is 12.1 Å². The Morgan fingerprint density at radius 3 is 2.37 bits per heavy atom. The molecule has 0 atom stereocenters.